The van der Waals surface area contributed by atoms with Gasteiger partial charge in [0.15, 0.2) is 10.1 Å². The molecule has 0 fully saturated rings. The number of alkyl halides is 3. The molecule has 54 heavy (non-hydrogen) atoms. The predicted molar refractivity (Wildman–Crippen MR) is 206 cm³/mol. The number of hydrogen-bond donors (Lipinski definition) is 0. The second-order valence-corrected chi connectivity index (χ2v) is 14.1. The third-order valence-corrected chi connectivity index (χ3v) is 9.00. The van der Waals surface area contributed by atoms with Crippen molar-refractivity contribution in [1.29, 1.82) is 0 Å². The zero-order chi connectivity index (χ0) is 38.2. The molecular weight excluding hydrogens is 708 g/mol. The number of benzene rings is 6. The summed E-state index contributed by atoms with van der Waals surface area (Å²) < 4.78 is 61.5. The summed E-state index contributed by atoms with van der Waals surface area (Å²) in [5.41, 5.74) is 2.07. The molecule has 6 aromatic rings. The van der Waals surface area contributed by atoms with Crippen LogP contribution in [-0.4, -0.2) is 38.8 Å². The van der Waals surface area contributed by atoms with Crippen LogP contribution in [0.3, 0.4) is 0 Å². The van der Waals surface area contributed by atoms with E-state index in [-0.39, 0.29) is 0 Å². The van der Waals surface area contributed by atoms with Gasteiger partial charge in [0.05, 0.1) is 39.3 Å². The Labute approximate surface area is 315 Å². The zero-order valence-electron chi connectivity index (χ0n) is 29.7. The second kappa shape index (κ2) is 19.4. The highest BCUT2D eigenvalue weighted by atomic mass is 32.2. The number of halogens is 3. The lowest BCUT2D eigenvalue weighted by atomic mass is 10.1. The fraction of sp³-hybridized carbons (Fsp3) is 0.159. The van der Waals surface area contributed by atoms with Gasteiger partial charge in [-0.05, 0) is 33.4 Å². The predicted octanol–water partition coefficient (Wildman–Crippen LogP) is 9.21. The summed E-state index contributed by atoms with van der Waals surface area (Å²) in [6.45, 7) is 4.70. The Hall–Kier alpha value is -5.71. The van der Waals surface area contributed by atoms with Crippen LogP contribution in [0.25, 0.3) is 0 Å². The Balaban J connectivity index is 0.000000631. The summed E-state index contributed by atoms with van der Waals surface area (Å²) in [6, 6.07) is 65.3. The number of hydrogen-bond acceptors (Lipinski definition) is 3. The molecule has 0 unspecified atom stereocenters. The van der Waals surface area contributed by atoms with Gasteiger partial charge in [-0.1, -0.05) is 182 Å². The van der Waals surface area contributed by atoms with E-state index < -0.39 is 15.6 Å². The Morgan fingerprint density at radius 2 is 0.648 bits per heavy atom. The van der Waals surface area contributed by atoms with E-state index in [4.69, 9.17) is 13.0 Å². The zero-order valence-corrected chi connectivity index (χ0v) is 30.5. The van der Waals surface area contributed by atoms with Crippen molar-refractivity contribution in [3.05, 3.63) is 215 Å². The Kier molecular flexibility index (Phi) is 14.2. The molecule has 0 saturated carbocycles. The van der Waals surface area contributed by atoms with E-state index in [0.29, 0.717) is 0 Å². The van der Waals surface area contributed by atoms with Crippen LogP contribution < -0.4 is 0 Å². The van der Waals surface area contributed by atoms with Gasteiger partial charge in [0.1, 0.15) is 0 Å². The van der Waals surface area contributed by atoms with Gasteiger partial charge in [-0.2, -0.15) is 13.2 Å². The van der Waals surface area contributed by atoms with E-state index in [1.54, 1.807) is 0 Å². The van der Waals surface area contributed by atoms with Gasteiger partial charge in [-0.25, -0.2) is 8.42 Å². The number of guanidine groups is 1. The smallest absolute Gasteiger partial charge is 0.485 e. The minimum absolute atomic E-state index is 0.783. The van der Waals surface area contributed by atoms with Crippen molar-refractivity contribution < 1.29 is 30.7 Å². The van der Waals surface area contributed by atoms with Gasteiger partial charge in [0.2, 0.25) is 0 Å². The maximum atomic E-state index is 10.7. The molecule has 0 N–H and O–H groups in total. The van der Waals surface area contributed by atoms with E-state index in [1.165, 1.54) is 39.3 Å². The lowest BCUT2D eigenvalue weighted by molar-refractivity contribution is -0.570. The largest absolute Gasteiger partial charge is 0.741 e. The van der Waals surface area contributed by atoms with Crippen molar-refractivity contribution >= 4 is 16.1 Å². The summed E-state index contributed by atoms with van der Waals surface area (Å²) in [7, 11) is -6.09. The first-order valence-corrected chi connectivity index (χ1v) is 18.8. The molecule has 0 aliphatic rings. The van der Waals surface area contributed by atoms with Crippen molar-refractivity contribution in [1.82, 2.24) is 9.80 Å². The van der Waals surface area contributed by atoms with E-state index >= 15 is 0 Å². The molecule has 6 aromatic carbocycles. The summed E-state index contributed by atoms with van der Waals surface area (Å²) in [4.78, 5) is 5.17. The maximum absolute atomic E-state index is 10.7. The fourth-order valence-corrected chi connectivity index (χ4v) is 6.01. The summed E-state index contributed by atoms with van der Waals surface area (Å²) in [6.07, 6.45) is 0. The highest BCUT2D eigenvalue weighted by Crippen LogP contribution is 2.21. The van der Waals surface area contributed by atoms with Crippen LogP contribution in [0, 0.1) is 0 Å². The first-order valence-electron chi connectivity index (χ1n) is 17.4. The molecule has 278 valence electrons. The summed E-state index contributed by atoms with van der Waals surface area (Å²) >= 11 is 0. The Morgan fingerprint density at radius 1 is 0.444 bits per heavy atom. The van der Waals surface area contributed by atoms with Crippen LogP contribution >= 0.6 is 0 Å². The lowest BCUT2D eigenvalue weighted by Crippen LogP contribution is -2.48. The van der Waals surface area contributed by atoms with E-state index in [0.717, 1.165) is 39.3 Å². The Morgan fingerprint density at radius 3 is 0.852 bits per heavy atom. The highest BCUT2D eigenvalue weighted by molar-refractivity contribution is 7.86. The van der Waals surface area contributed by atoms with Crippen LogP contribution in [0.4, 0.5) is 13.2 Å². The molecule has 10 heteroatoms. The van der Waals surface area contributed by atoms with Gasteiger partial charge in [0, 0.05) is 0 Å². The average molecular weight is 750 g/mol. The van der Waals surface area contributed by atoms with Crippen molar-refractivity contribution in [2.24, 2.45) is 0 Å². The molecule has 0 saturated heterocycles. The van der Waals surface area contributed by atoms with Crippen LogP contribution in [0.1, 0.15) is 33.4 Å². The summed E-state index contributed by atoms with van der Waals surface area (Å²) in [5.74, 6) is 1.22. The molecule has 0 aromatic heterocycles. The first-order chi connectivity index (χ1) is 26.0. The molecule has 6 nitrogen and oxygen atoms in total. The standard InChI is InChI=1S/C43H42N3.CHF3O3S/c1-7-19-37(20-8-1)31-44(32-38-21-9-2-10-22-38)43(45(33-39-23-11-3-12-24-39)34-40-25-13-4-14-26-40)46(35-41-27-15-5-16-28-41)36-42-29-17-6-18-30-42;2-1(3,4)8(5,6)7/h1-30H,31-36H2;(H,5,6,7)/q+1;/p-1. The van der Waals surface area contributed by atoms with Crippen molar-refractivity contribution in [3.8, 4) is 0 Å². The minimum Gasteiger partial charge on any atom is -0.741 e. The summed E-state index contributed by atoms with van der Waals surface area (Å²) in [5, 5.41) is 0. The minimum atomic E-state index is -6.09. The van der Waals surface area contributed by atoms with E-state index in [2.05, 4.69) is 196 Å². The topological polar surface area (TPSA) is 66.7 Å². The molecular formula is C44H42F3N3O3S. The molecule has 6 rings (SSSR count). The van der Waals surface area contributed by atoms with Crippen LogP contribution in [0.15, 0.2) is 182 Å². The molecule has 0 bridgehead atoms. The van der Waals surface area contributed by atoms with Gasteiger partial charge in [-0.3, -0.25) is 14.4 Å². The molecule has 0 atom stereocenters. The third-order valence-electron chi connectivity index (χ3n) is 8.43. The van der Waals surface area contributed by atoms with Gasteiger partial charge >= 0.3 is 11.5 Å². The van der Waals surface area contributed by atoms with Crippen LogP contribution in [0.5, 0.6) is 0 Å². The Bertz CT molecular complexity index is 1910. The van der Waals surface area contributed by atoms with Gasteiger partial charge in [-0.15, -0.1) is 0 Å². The molecule has 0 amide bonds. The molecule has 0 aliphatic heterocycles. The van der Waals surface area contributed by atoms with Gasteiger partial charge < -0.3 is 4.55 Å². The van der Waals surface area contributed by atoms with Crippen molar-refractivity contribution in [3.63, 3.8) is 0 Å². The third kappa shape index (κ3) is 12.5. The quantitative estimate of drug-likeness (QED) is 0.0411. The SMILES string of the molecule is O=S(=O)([O-])C(F)(F)F.c1ccc(CN(Cc2ccccc2)C(N(Cc2ccccc2)Cc2ccccc2)=[N+](Cc2ccccc2)Cc2ccccc2)cc1. The molecule has 0 spiro atoms. The van der Waals surface area contributed by atoms with E-state index in [1.807, 2.05) is 0 Å². The maximum Gasteiger partial charge on any atom is 0.485 e. The fourth-order valence-electron chi connectivity index (χ4n) is 6.01. The van der Waals surface area contributed by atoms with Crippen molar-refractivity contribution in [2.45, 2.75) is 44.8 Å². The van der Waals surface area contributed by atoms with Crippen LogP contribution in [0.2, 0.25) is 0 Å². The monoisotopic (exact) mass is 749 g/mol. The normalized spacial score (nSPS) is 11.2. The highest BCUT2D eigenvalue weighted by Gasteiger charge is 2.37. The van der Waals surface area contributed by atoms with Gasteiger partial charge in [0.25, 0.3) is 0 Å². The number of rotatable bonds is 12. The first kappa shape index (κ1) is 39.5. The molecule has 0 heterocycles. The van der Waals surface area contributed by atoms with E-state index in [9.17, 15) is 13.2 Å². The van der Waals surface area contributed by atoms with Crippen LogP contribution in [-0.2, 0) is 49.4 Å². The lowest BCUT2D eigenvalue weighted by Gasteiger charge is -2.32. The number of nitrogens with zero attached hydrogens (tertiary/aromatic N) is 3. The molecule has 0 radical (unpaired) electrons. The second-order valence-electron chi connectivity index (χ2n) is 12.7. The average Bonchev–Trinajstić information content (AvgIpc) is 3.17. The molecule has 0 aliphatic carbocycles. The van der Waals surface area contributed by atoms with Crippen molar-refractivity contribution in [2.75, 3.05) is 0 Å².